The summed E-state index contributed by atoms with van der Waals surface area (Å²) in [6, 6.07) is 3.29. The van der Waals surface area contributed by atoms with Crippen molar-refractivity contribution in [3.8, 4) is 0 Å². The smallest absolute Gasteiger partial charge is 0.319 e. The fraction of sp³-hybridized carbons (Fsp3) is 0.529. The van der Waals surface area contributed by atoms with Crippen molar-refractivity contribution in [1.82, 2.24) is 25.6 Å². The molecule has 0 bridgehead atoms. The van der Waals surface area contributed by atoms with Crippen molar-refractivity contribution in [2.24, 2.45) is 5.92 Å². The molecule has 0 saturated carbocycles. The summed E-state index contributed by atoms with van der Waals surface area (Å²) < 4.78 is 0. The van der Waals surface area contributed by atoms with Gasteiger partial charge in [-0.2, -0.15) is 0 Å². The highest BCUT2D eigenvalue weighted by Crippen LogP contribution is 2.18. The largest absolute Gasteiger partial charge is 0.325 e. The summed E-state index contributed by atoms with van der Waals surface area (Å²) >= 11 is 0. The Morgan fingerprint density at radius 1 is 1.20 bits per heavy atom. The maximum absolute atomic E-state index is 12.3. The fourth-order valence-corrected chi connectivity index (χ4v) is 2.82. The second-order valence-corrected chi connectivity index (χ2v) is 5.90. The van der Waals surface area contributed by atoms with Crippen LogP contribution in [0.25, 0.3) is 0 Å². The van der Waals surface area contributed by atoms with Gasteiger partial charge in [-0.1, -0.05) is 0 Å². The standard InChI is InChI=1S/C17H25N5O3/c1-3-21(4-2)17(25)22-10-7-13(8-11-22)15(23)19-20-16(24)14-6-5-9-18-12-14/h5-6,9,12-13H,3-4,7-8,10-11H2,1-2H3,(H,19,23)(H,20,24). The van der Waals surface area contributed by atoms with Gasteiger partial charge >= 0.3 is 6.03 Å². The van der Waals surface area contributed by atoms with Gasteiger partial charge in [-0.15, -0.1) is 0 Å². The van der Waals surface area contributed by atoms with Gasteiger partial charge < -0.3 is 9.80 Å². The van der Waals surface area contributed by atoms with E-state index in [0.717, 1.165) is 0 Å². The molecule has 0 aromatic carbocycles. The van der Waals surface area contributed by atoms with Crippen molar-refractivity contribution in [1.29, 1.82) is 0 Å². The van der Waals surface area contributed by atoms with Gasteiger partial charge in [0.2, 0.25) is 5.91 Å². The van der Waals surface area contributed by atoms with Gasteiger partial charge in [0.05, 0.1) is 5.56 Å². The Hall–Kier alpha value is -2.64. The molecule has 2 heterocycles. The topological polar surface area (TPSA) is 94.6 Å². The van der Waals surface area contributed by atoms with E-state index in [2.05, 4.69) is 15.8 Å². The van der Waals surface area contributed by atoms with Crippen LogP contribution in [0.2, 0.25) is 0 Å². The molecule has 0 aliphatic carbocycles. The second kappa shape index (κ2) is 9.00. The van der Waals surface area contributed by atoms with Crippen LogP contribution in [-0.4, -0.2) is 58.8 Å². The van der Waals surface area contributed by atoms with Crippen molar-refractivity contribution in [3.05, 3.63) is 30.1 Å². The number of hydrazine groups is 1. The molecule has 4 amide bonds. The molecule has 136 valence electrons. The Kier molecular flexibility index (Phi) is 6.73. The third-order valence-corrected chi connectivity index (χ3v) is 4.39. The number of aromatic nitrogens is 1. The lowest BCUT2D eigenvalue weighted by Crippen LogP contribution is -2.50. The molecule has 1 aliphatic rings. The van der Waals surface area contributed by atoms with E-state index in [1.165, 1.54) is 6.20 Å². The predicted molar refractivity (Wildman–Crippen MR) is 92.5 cm³/mol. The minimum Gasteiger partial charge on any atom is -0.325 e. The molecule has 0 atom stereocenters. The van der Waals surface area contributed by atoms with Crippen molar-refractivity contribution >= 4 is 17.8 Å². The summed E-state index contributed by atoms with van der Waals surface area (Å²) in [4.78, 5) is 43.8. The zero-order valence-electron chi connectivity index (χ0n) is 14.7. The SMILES string of the molecule is CCN(CC)C(=O)N1CCC(C(=O)NNC(=O)c2cccnc2)CC1. The Morgan fingerprint density at radius 3 is 2.44 bits per heavy atom. The first-order valence-corrected chi connectivity index (χ1v) is 8.60. The van der Waals surface area contributed by atoms with Crippen LogP contribution < -0.4 is 10.9 Å². The number of amides is 4. The maximum atomic E-state index is 12.3. The van der Waals surface area contributed by atoms with Crippen LogP contribution in [0.4, 0.5) is 4.79 Å². The minimum atomic E-state index is -0.407. The van der Waals surface area contributed by atoms with Gasteiger partial charge in [-0.3, -0.25) is 25.4 Å². The average molecular weight is 347 g/mol. The predicted octanol–water partition coefficient (Wildman–Crippen LogP) is 1.02. The van der Waals surface area contributed by atoms with Gasteiger partial charge in [-0.05, 0) is 38.8 Å². The highest BCUT2D eigenvalue weighted by Gasteiger charge is 2.29. The number of carbonyl (C=O) groups excluding carboxylic acids is 3. The number of piperidine rings is 1. The minimum absolute atomic E-state index is 0.0220. The molecule has 2 rings (SSSR count). The summed E-state index contributed by atoms with van der Waals surface area (Å²) in [5, 5.41) is 0. The number of rotatable bonds is 4. The molecule has 0 spiro atoms. The van der Waals surface area contributed by atoms with Crippen molar-refractivity contribution < 1.29 is 14.4 Å². The summed E-state index contributed by atoms with van der Waals surface area (Å²) in [6.07, 6.45) is 4.17. The monoisotopic (exact) mass is 347 g/mol. The first-order chi connectivity index (χ1) is 12.1. The Bertz CT molecular complexity index is 596. The molecule has 8 heteroatoms. The van der Waals surface area contributed by atoms with Gasteiger partial charge in [0, 0.05) is 44.5 Å². The number of carbonyl (C=O) groups is 3. The summed E-state index contributed by atoms with van der Waals surface area (Å²) in [5.74, 6) is -0.849. The molecule has 1 aromatic heterocycles. The van der Waals surface area contributed by atoms with Crippen LogP contribution in [0.1, 0.15) is 37.0 Å². The van der Waals surface area contributed by atoms with E-state index in [1.807, 2.05) is 13.8 Å². The lowest BCUT2D eigenvalue weighted by Gasteiger charge is -2.34. The fourth-order valence-electron chi connectivity index (χ4n) is 2.82. The van der Waals surface area contributed by atoms with Gasteiger partial charge in [0.25, 0.3) is 5.91 Å². The van der Waals surface area contributed by atoms with Crippen molar-refractivity contribution in [3.63, 3.8) is 0 Å². The number of urea groups is 1. The van der Waals surface area contributed by atoms with E-state index >= 15 is 0 Å². The quantitative estimate of drug-likeness (QED) is 0.795. The summed E-state index contributed by atoms with van der Waals surface area (Å²) in [6.45, 7) is 6.35. The molecule has 0 radical (unpaired) electrons. The zero-order chi connectivity index (χ0) is 18.2. The molecule has 25 heavy (non-hydrogen) atoms. The van der Waals surface area contributed by atoms with E-state index in [-0.39, 0.29) is 17.9 Å². The Morgan fingerprint density at radius 2 is 1.88 bits per heavy atom. The van der Waals surface area contributed by atoms with Gasteiger partial charge in [-0.25, -0.2) is 4.79 Å². The number of pyridine rings is 1. The number of hydrogen-bond donors (Lipinski definition) is 2. The van der Waals surface area contributed by atoms with Gasteiger partial charge in [0.1, 0.15) is 0 Å². The van der Waals surface area contributed by atoms with Gasteiger partial charge in [0.15, 0.2) is 0 Å². The molecular formula is C17H25N5O3. The molecule has 2 N–H and O–H groups in total. The highest BCUT2D eigenvalue weighted by atomic mass is 16.2. The first kappa shape index (κ1) is 18.7. The first-order valence-electron chi connectivity index (χ1n) is 8.60. The van der Waals surface area contributed by atoms with E-state index in [0.29, 0.717) is 44.6 Å². The van der Waals surface area contributed by atoms with E-state index in [4.69, 9.17) is 0 Å². The third-order valence-electron chi connectivity index (χ3n) is 4.39. The average Bonchev–Trinajstić information content (AvgIpc) is 2.67. The molecule has 1 aromatic rings. The maximum Gasteiger partial charge on any atom is 0.319 e. The zero-order valence-corrected chi connectivity index (χ0v) is 14.7. The van der Waals surface area contributed by atoms with Crippen molar-refractivity contribution in [2.45, 2.75) is 26.7 Å². The summed E-state index contributed by atoms with van der Waals surface area (Å²) in [5.41, 5.74) is 5.24. The van der Waals surface area contributed by atoms with Crippen LogP contribution in [0, 0.1) is 5.92 Å². The Balaban J connectivity index is 1.77. The molecule has 1 fully saturated rings. The normalized spacial score (nSPS) is 14.7. The lowest BCUT2D eigenvalue weighted by atomic mass is 9.96. The van der Waals surface area contributed by atoms with Crippen LogP contribution in [0.3, 0.4) is 0 Å². The van der Waals surface area contributed by atoms with Crippen LogP contribution in [0.15, 0.2) is 24.5 Å². The number of hydrogen-bond acceptors (Lipinski definition) is 4. The highest BCUT2D eigenvalue weighted by molar-refractivity contribution is 5.95. The number of nitrogens with zero attached hydrogens (tertiary/aromatic N) is 3. The third kappa shape index (κ3) is 4.91. The molecular weight excluding hydrogens is 322 g/mol. The molecule has 1 aliphatic heterocycles. The second-order valence-electron chi connectivity index (χ2n) is 5.90. The van der Waals surface area contributed by atoms with Crippen molar-refractivity contribution in [2.75, 3.05) is 26.2 Å². The lowest BCUT2D eigenvalue weighted by molar-refractivity contribution is -0.127. The molecule has 0 unspecified atom stereocenters. The molecule has 8 nitrogen and oxygen atoms in total. The van der Waals surface area contributed by atoms with Crippen LogP contribution in [0.5, 0.6) is 0 Å². The van der Waals surface area contributed by atoms with Crippen LogP contribution in [-0.2, 0) is 4.79 Å². The number of nitrogens with one attached hydrogen (secondary N) is 2. The van der Waals surface area contributed by atoms with E-state index < -0.39 is 5.91 Å². The summed E-state index contributed by atoms with van der Waals surface area (Å²) in [7, 11) is 0. The van der Waals surface area contributed by atoms with E-state index in [9.17, 15) is 14.4 Å². The Labute approximate surface area is 147 Å². The van der Waals surface area contributed by atoms with E-state index in [1.54, 1.807) is 28.1 Å². The van der Waals surface area contributed by atoms with Crippen LogP contribution >= 0.6 is 0 Å². The molecule has 1 saturated heterocycles. The number of likely N-dealkylation sites (tertiary alicyclic amines) is 1.